The third-order valence-corrected chi connectivity index (χ3v) is 5.20. The van der Waals surface area contributed by atoms with E-state index in [-0.39, 0.29) is 12.0 Å². The largest absolute Gasteiger partial charge is 0.465 e. The van der Waals surface area contributed by atoms with Crippen molar-refractivity contribution in [1.82, 2.24) is 0 Å². The van der Waals surface area contributed by atoms with Gasteiger partial charge in [0.25, 0.3) is 0 Å². The fourth-order valence-corrected chi connectivity index (χ4v) is 3.99. The van der Waals surface area contributed by atoms with Crippen molar-refractivity contribution in [1.29, 1.82) is 0 Å². The van der Waals surface area contributed by atoms with Gasteiger partial charge in [0.05, 0.1) is 36.4 Å². The lowest BCUT2D eigenvalue weighted by atomic mass is 9.61. The van der Waals surface area contributed by atoms with Gasteiger partial charge in [-0.05, 0) is 52.3 Å². The lowest BCUT2D eigenvalue weighted by molar-refractivity contribution is -0.176. The Labute approximate surface area is 181 Å². The van der Waals surface area contributed by atoms with E-state index in [4.69, 9.17) is 14.2 Å². The summed E-state index contributed by atoms with van der Waals surface area (Å²) < 4.78 is 15.4. The van der Waals surface area contributed by atoms with E-state index in [9.17, 15) is 24.3 Å². The number of Topliss-reactive ketones (excluding diaryl/α,β-unsaturated/α-hetero) is 1. The van der Waals surface area contributed by atoms with Gasteiger partial charge in [-0.15, -0.1) is 0 Å². The molecule has 0 heterocycles. The molecule has 4 atom stereocenters. The van der Waals surface area contributed by atoms with Crippen molar-refractivity contribution in [3.05, 3.63) is 35.4 Å². The molecule has 0 saturated heterocycles. The van der Waals surface area contributed by atoms with E-state index in [0.717, 1.165) is 0 Å². The number of benzene rings is 1. The van der Waals surface area contributed by atoms with E-state index in [2.05, 4.69) is 0 Å². The fourth-order valence-electron chi connectivity index (χ4n) is 3.99. The zero-order valence-electron chi connectivity index (χ0n) is 18.7. The van der Waals surface area contributed by atoms with Crippen LogP contribution in [-0.2, 0) is 28.6 Å². The van der Waals surface area contributed by atoms with E-state index in [1.54, 1.807) is 27.7 Å². The van der Waals surface area contributed by atoms with Crippen LogP contribution in [-0.4, -0.2) is 53.7 Å². The predicted molar refractivity (Wildman–Crippen MR) is 110 cm³/mol. The molecule has 1 aromatic carbocycles. The summed E-state index contributed by atoms with van der Waals surface area (Å²) in [5.74, 6) is -6.06. The molecule has 0 radical (unpaired) electrons. The summed E-state index contributed by atoms with van der Waals surface area (Å²) in [6.45, 7) is 8.05. The number of carbonyl (C=O) groups is 4. The molecule has 0 aliphatic heterocycles. The first-order valence-corrected chi connectivity index (χ1v) is 10.2. The number of aliphatic hydroxyl groups is 1. The number of hydrogen-bond donors (Lipinski definition) is 1. The average molecular weight is 434 g/mol. The molecule has 0 unspecified atom stereocenters. The Kier molecular flexibility index (Phi) is 7.59. The van der Waals surface area contributed by atoms with Crippen LogP contribution < -0.4 is 0 Å². The van der Waals surface area contributed by atoms with Gasteiger partial charge < -0.3 is 19.3 Å². The van der Waals surface area contributed by atoms with Gasteiger partial charge in [0.2, 0.25) is 0 Å². The van der Waals surface area contributed by atoms with Crippen LogP contribution in [0.25, 0.3) is 0 Å². The number of ketones is 1. The highest BCUT2D eigenvalue weighted by Gasteiger charge is 2.57. The molecule has 1 aliphatic carbocycles. The van der Waals surface area contributed by atoms with Crippen LogP contribution >= 0.6 is 0 Å². The van der Waals surface area contributed by atoms with Crippen molar-refractivity contribution in [2.45, 2.75) is 64.8 Å². The molecule has 1 aromatic rings. The summed E-state index contributed by atoms with van der Waals surface area (Å²) in [6.07, 6.45) is -1.31. The lowest BCUT2D eigenvalue weighted by Crippen LogP contribution is -2.55. The highest BCUT2D eigenvalue weighted by Crippen LogP contribution is 2.47. The van der Waals surface area contributed by atoms with Crippen LogP contribution in [0, 0.1) is 11.8 Å². The van der Waals surface area contributed by atoms with Crippen LogP contribution in [0.3, 0.4) is 0 Å². The average Bonchev–Trinajstić information content (AvgIpc) is 2.64. The van der Waals surface area contributed by atoms with Gasteiger partial charge >= 0.3 is 17.9 Å². The first-order valence-electron chi connectivity index (χ1n) is 10.2. The molecular formula is C23H30O8. The van der Waals surface area contributed by atoms with Crippen molar-refractivity contribution in [2.75, 3.05) is 7.11 Å². The number of hydrogen-bond acceptors (Lipinski definition) is 8. The van der Waals surface area contributed by atoms with Gasteiger partial charge in [-0.3, -0.25) is 14.4 Å². The summed E-state index contributed by atoms with van der Waals surface area (Å²) in [6, 6.07) is 6.03. The zero-order chi connectivity index (χ0) is 23.5. The van der Waals surface area contributed by atoms with Gasteiger partial charge in [-0.25, -0.2) is 4.79 Å². The second-order valence-corrected chi connectivity index (χ2v) is 8.57. The quantitative estimate of drug-likeness (QED) is 0.412. The molecule has 170 valence electrons. The van der Waals surface area contributed by atoms with Crippen molar-refractivity contribution in [2.24, 2.45) is 11.8 Å². The van der Waals surface area contributed by atoms with Crippen LogP contribution in [0.15, 0.2) is 24.3 Å². The number of rotatable bonds is 6. The molecule has 1 fully saturated rings. The molecule has 8 heteroatoms. The zero-order valence-corrected chi connectivity index (χ0v) is 18.7. The third-order valence-electron chi connectivity index (χ3n) is 5.20. The van der Waals surface area contributed by atoms with Gasteiger partial charge in [0.1, 0.15) is 5.92 Å². The van der Waals surface area contributed by atoms with Crippen molar-refractivity contribution >= 4 is 23.7 Å². The monoisotopic (exact) mass is 434 g/mol. The van der Waals surface area contributed by atoms with Crippen LogP contribution in [0.2, 0.25) is 0 Å². The highest BCUT2D eigenvalue weighted by molar-refractivity contribution is 6.03. The Bertz CT molecular complexity index is 830. The van der Waals surface area contributed by atoms with Crippen molar-refractivity contribution in [3.63, 3.8) is 0 Å². The maximum Gasteiger partial charge on any atom is 0.337 e. The summed E-state index contributed by atoms with van der Waals surface area (Å²) >= 11 is 0. The van der Waals surface area contributed by atoms with Gasteiger partial charge in [-0.1, -0.05) is 12.1 Å². The Morgan fingerprint density at radius 1 is 1.00 bits per heavy atom. The molecule has 1 N–H and O–H groups in total. The first kappa shape index (κ1) is 24.5. The smallest absolute Gasteiger partial charge is 0.337 e. The summed E-state index contributed by atoms with van der Waals surface area (Å²) in [5.41, 5.74) is -1.04. The van der Waals surface area contributed by atoms with E-state index < -0.39 is 59.3 Å². The van der Waals surface area contributed by atoms with Gasteiger partial charge in [-0.2, -0.15) is 0 Å². The molecule has 2 rings (SSSR count). The normalized spacial score (nSPS) is 26.0. The van der Waals surface area contributed by atoms with Crippen LogP contribution in [0.1, 0.15) is 62.9 Å². The van der Waals surface area contributed by atoms with Gasteiger partial charge in [0.15, 0.2) is 5.78 Å². The third kappa shape index (κ3) is 5.50. The number of carbonyl (C=O) groups excluding carboxylic acids is 4. The molecule has 0 spiro atoms. The maximum absolute atomic E-state index is 13.0. The topological polar surface area (TPSA) is 116 Å². The SMILES string of the molecule is COC(=O)c1ccc([C@@H]2[C@@H](C(=O)OC(C)C)C(=O)C[C@@](C)(O)[C@@H]2C(=O)OC(C)C)cc1. The Hall–Kier alpha value is -2.74. The Morgan fingerprint density at radius 3 is 2.00 bits per heavy atom. The molecule has 0 aromatic heterocycles. The molecule has 0 amide bonds. The Balaban J connectivity index is 2.61. The molecule has 0 bridgehead atoms. The van der Waals surface area contributed by atoms with E-state index in [1.165, 1.54) is 38.3 Å². The minimum Gasteiger partial charge on any atom is -0.465 e. The van der Waals surface area contributed by atoms with Crippen molar-refractivity contribution < 1.29 is 38.5 Å². The minimum absolute atomic E-state index is 0.266. The van der Waals surface area contributed by atoms with Crippen molar-refractivity contribution in [3.8, 4) is 0 Å². The first-order chi connectivity index (χ1) is 14.4. The van der Waals surface area contributed by atoms with Gasteiger partial charge in [0, 0.05) is 12.3 Å². The summed E-state index contributed by atoms with van der Waals surface area (Å²) in [5, 5.41) is 11.0. The number of ether oxygens (including phenoxy) is 3. The molecule has 8 nitrogen and oxygen atoms in total. The lowest BCUT2D eigenvalue weighted by Gasteiger charge is -2.44. The number of methoxy groups -OCH3 is 1. The van der Waals surface area contributed by atoms with E-state index in [1.807, 2.05) is 0 Å². The van der Waals surface area contributed by atoms with Crippen LogP contribution in [0.5, 0.6) is 0 Å². The molecule has 1 saturated carbocycles. The van der Waals surface area contributed by atoms with E-state index in [0.29, 0.717) is 5.56 Å². The standard InChI is InChI=1S/C23H30O8/c1-12(2)30-21(26)18-16(24)11-23(5,28)19(22(27)31-13(3)4)17(18)14-7-9-15(10-8-14)20(25)29-6/h7-10,12-13,17-19,28H,11H2,1-6H3/t17-,18+,19+,23-/m1/s1. The maximum atomic E-state index is 13.0. The second kappa shape index (κ2) is 9.60. The fraction of sp³-hybridized carbons (Fsp3) is 0.565. The molecule has 1 aliphatic rings. The van der Waals surface area contributed by atoms with Crippen LogP contribution in [0.4, 0.5) is 0 Å². The molecular weight excluding hydrogens is 404 g/mol. The summed E-state index contributed by atoms with van der Waals surface area (Å²) in [7, 11) is 1.25. The second-order valence-electron chi connectivity index (χ2n) is 8.57. The molecule has 31 heavy (non-hydrogen) atoms. The Morgan fingerprint density at radius 2 is 1.52 bits per heavy atom. The predicted octanol–water partition coefficient (Wildman–Crippen LogP) is 2.42. The summed E-state index contributed by atoms with van der Waals surface area (Å²) in [4.78, 5) is 50.6. The van der Waals surface area contributed by atoms with E-state index >= 15 is 0 Å². The highest BCUT2D eigenvalue weighted by atomic mass is 16.5. The number of esters is 3. The minimum atomic E-state index is -1.73.